The average molecular weight is 246 g/mol. The van der Waals surface area contributed by atoms with Crippen molar-refractivity contribution in [2.45, 2.75) is 19.4 Å². The maximum Gasteiger partial charge on any atom is 0.137 e. The van der Waals surface area contributed by atoms with E-state index in [1.165, 1.54) is 6.33 Å². The molecule has 1 aromatic heterocycles. The summed E-state index contributed by atoms with van der Waals surface area (Å²) in [5.74, 6) is 0.796. The maximum atomic E-state index is 5.74. The largest absolute Gasteiger partial charge is 0.399 e. The lowest BCUT2D eigenvalue weighted by atomic mass is 10.1. The molecule has 0 aliphatic carbocycles. The summed E-state index contributed by atoms with van der Waals surface area (Å²) in [6.45, 7) is 4.70. The zero-order valence-electron chi connectivity index (χ0n) is 10.9. The molecule has 0 unspecified atom stereocenters. The number of nitrogens with one attached hydrogen (secondary N) is 1. The highest BCUT2D eigenvalue weighted by atomic mass is 16.5. The smallest absolute Gasteiger partial charge is 0.137 e. The second-order valence-corrected chi connectivity index (χ2v) is 4.82. The predicted molar refractivity (Wildman–Crippen MR) is 73.5 cm³/mol. The molecule has 0 aliphatic rings. The van der Waals surface area contributed by atoms with Gasteiger partial charge in [0.15, 0.2) is 0 Å². The molecule has 5 nitrogen and oxygen atoms in total. The topological polar surface area (TPSA) is 73.1 Å². The third-order valence-electron chi connectivity index (χ3n) is 2.89. The van der Waals surface area contributed by atoms with Gasteiger partial charge in [-0.2, -0.15) is 0 Å². The number of ether oxygens (including phenoxy) is 1. The first-order valence-corrected chi connectivity index (χ1v) is 5.81. The van der Waals surface area contributed by atoms with Crippen LogP contribution in [0.3, 0.4) is 0 Å². The fourth-order valence-electron chi connectivity index (χ4n) is 1.58. The normalized spacial score (nSPS) is 11.7. The first-order chi connectivity index (χ1) is 8.52. The maximum absolute atomic E-state index is 5.74. The van der Waals surface area contributed by atoms with E-state index < -0.39 is 0 Å². The van der Waals surface area contributed by atoms with Crippen molar-refractivity contribution >= 4 is 22.4 Å². The zero-order chi connectivity index (χ0) is 13.2. The van der Waals surface area contributed by atoms with E-state index in [-0.39, 0.29) is 5.60 Å². The van der Waals surface area contributed by atoms with Gasteiger partial charge in [0, 0.05) is 24.7 Å². The molecule has 0 saturated heterocycles. The lowest BCUT2D eigenvalue weighted by Gasteiger charge is -2.23. The molecule has 96 valence electrons. The van der Waals surface area contributed by atoms with Crippen molar-refractivity contribution in [1.29, 1.82) is 0 Å². The van der Waals surface area contributed by atoms with Crippen molar-refractivity contribution in [3.05, 3.63) is 24.5 Å². The van der Waals surface area contributed by atoms with Crippen molar-refractivity contribution in [2.24, 2.45) is 0 Å². The average Bonchev–Trinajstić information content (AvgIpc) is 2.36. The van der Waals surface area contributed by atoms with E-state index >= 15 is 0 Å². The van der Waals surface area contributed by atoms with E-state index in [0.29, 0.717) is 12.2 Å². The lowest BCUT2D eigenvalue weighted by Crippen LogP contribution is -2.32. The summed E-state index contributed by atoms with van der Waals surface area (Å²) in [4.78, 5) is 8.46. The molecule has 0 amide bonds. The molecule has 0 bridgehead atoms. The van der Waals surface area contributed by atoms with E-state index in [1.807, 2.05) is 32.0 Å². The SMILES string of the molecule is COC(C)(C)CNc1ncnc2cc(N)ccc12. The molecule has 2 aromatic rings. The van der Waals surface area contributed by atoms with Gasteiger partial charge in [-0.25, -0.2) is 9.97 Å². The van der Waals surface area contributed by atoms with Crippen LogP contribution in [0.5, 0.6) is 0 Å². The number of methoxy groups -OCH3 is 1. The summed E-state index contributed by atoms with van der Waals surface area (Å²) in [5, 5.41) is 4.24. The first-order valence-electron chi connectivity index (χ1n) is 5.81. The highest BCUT2D eigenvalue weighted by Crippen LogP contribution is 2.22. The van der Waals surface area contributed by atoms with Crippen LogP contribution in [0.15, 0.2) is 24.5 Å². The molecule has 0 fully saturated rings. The van der Waals surface area contributed by atoms with E-state index in [1.54, 1.807) is 7.11 Å². The van der Waals surface area contributed by atoms with Gasteiger partial charge in [0.05, 0.1) is 11.1 Å². The minimum atomic E-state index is -0.245. The number of fused-ring (bicyclic) bond motifs is 1. The van der Waals surface area contributed by atoms with Crippen molar-refractivity contribution in [1.82, 2.24) is 9.97 Å². The molecule has 18 heavy (non-hydrogen) atoms. The van der Waals surface area contributed by atoms with Gasteiger partial charge in [0.2, 0.25) is 0 Å². The van der Waals surface area contributed by atoms with Crippen molar-refractivity contribution in [2.75, 3.05) is 24.7 Å². The standard InChI is InChI=1S/C13H18N4O/c1-13(2,18-3)7-15-12-10-5-4-9(14)6-11(10)16-8-17-12/h4-6,8H,7,14H2,1-3H3,(H,15,16,17). The molecule has 3 N–H and O–H groups in total. The van der Waals surface area contributed by atoms with Crippen LogP contribution < -0.4 is 11.1 Å². The molecule has 0 aliphatic heterocycles. The Morgan fingerprint density at radius 3 is 2.83 bits per heavy atom. The molecule has 2 rings (SSSR count). The molecule has 0 radical (unpaired) electrons. The highest BCUT2D eigenvalue weighted by molar-refractivity contribution is 5.90. The van der Waals surface area contributed by atoms with Crippen LogP contribution >= 0.6 is 0 Å². The van der Waals surface area contributed by atoms with Gasteiger partial charge >= 0.3 is 0 Å². The number of benzene rings is 1. The third-order valence-corrected chi connectivity index (χ3v) is 2.89. The summed E-state index contributed by atoms with van der Waals surface area (Å²) in [7, 11) is 1.69. The Morgan fingerprint density at radius 2 is 2.11 bits per heavy atom. The number of hydrogen-bond acceptors (Lipinski definition) is 5. The monoisotopic (exact) mass is 246 g/mol. The summed E-state index contributed by atoms with van der Waals surface area (Å²) in [6, 6.07) is 5.61. The van der Waals surface area contributed by atoms with E-state index in [4.69, 9.17) is 10.5 Å². The zero-order valence-corrected chi connectivity index (χ0v) is 10.9. The van der Waals surface area contributed by atoms with Crippen LogP contribution in [0.1, 0.15) is 13.8 Å². The van der Waals surface area contributed by atoms with Gasteiger partial charge in [0.1, 0.15) is 12.1 Å². The lowest BCUT2D eigenvalue weighted by molar-refractivity contribution is 0.0343. The summed E-state index contributed by atoms with van der Waals surface area (Å²) in [6.07, 6.45) is 1.53. The van der Waals surface area contributed by atoms with Crippen LogP contribution in [0.2, 0.25) is 0 Å². The summed E-state index contributed by atoms with van der Waals surface area (Å²) in [5.41, 5.74) is 7.03. The first kappa shape index (κ1) is 12.6. The van der Waals surface area contributed by atoms with Gasteiger partial charge in [0.25, 0.3) is 0 Å². The molecule has 0 atom stereocenters. The van der Waals surface area contributed by atoms with Crippen molar-refractivity contribution in [3.63, 3.8) is 0 Å². The molecular formula is C13H18N4O. The summed E-state index contributed by atoms with van der Waals surface area (Å²) >= 11 is 0. The third kappa shape index (κ3) is 2.68. The molecule has 1 aromatic carbocycles. The molecule has 5 heteroatoms. The molecule has 1 heterocycles. The van der Waals surface area contributed by atoms with E-state index in [9.17, 15) is 0 Å². The minimum Gasteiger partial charge on any atom is -0.399 e. The fraction of sp³-hybridized carbons (Fsp3) is 0.385. The molecular weight excluding hydrogens is 228 g/mol. The second-order valence-electron chi connectivity index (χ2n) is 4.82. The quantitative estimate of drug-likeness (QED) is 0.808. The second kappa shape index (κ2) is 4.78. The summed E-state index contributed by atoms with van der Waals surface area (Å²) < 4.78 is 5.36. The Labute approximate surface area is 106 Å². The van der Waals surface area contributed by atoms with Gasteiger partial charge in [-0.3, -0.25) is 0 Å². The Hall–Kier alpha value is -1.88. The van der Waals surface area contributed by atoms with Crippen LogP contribution in [0.25, 0.3) is 10.9 Å². The molecule has 0 spiro atoms. The fourth-order valence-corrected chi connectivity index (χ4v) is 1.58. The Bertz CT molecular complexity index is 554. The van der Waals surface area contributed by atoms with E-state index in [2.05, 4.69) is 15.3 Å². The van der Waals surface area contributed by atoms with Crippen LogP contribution in [-0.2, 0) is 4.74 Å². The number of rotatable bonds is 4. The van der Waals surface area contributed by atoms with Gasteiger partial charge < -0.3 is 15.8 Å². The van der Waals surface area contributed by atoms with Gasteiger partial charge in [-0.1, -0.05) is 0 Å². The van der Waals surface area contributed by atoms with Gasteiger partial charge in [-0.15, -0.1) is 0 Å². The van der Waals surface area contributed by atoms with Crippen LogP contribution in [-0.4, -0.2) is 29.2 Å². The Balaban J connectivity index is 2.29. The Kier molecular flexibility index (Phi) is 3.34. The number of aromatic nitrogens is 2. The minimum absolute atomic E-state index is 0.245. The van der Waals surface area contributed by atoms with E-state index in [0.717, 1.165) is 16.7 Å². The van der Waals surface area contributed by atoms with Crippen LogP contribution in [0, 0.1) is 0 Å². The number of nitrogens with two attached hydrogens (primary N) is 1. The number of nitrogens with zero attached hydrogens (tertiary/aromatic N) is 2. The Morgan fingerprint density at radius 1 is 1.33 bits per heavy atom. The number of anilines is 2. The van der Waals surface area contributed by atoms with Gasteiger partial charge in [-0.05, 0) is 32.0 Å². The highest BCUT2D eigenvalue weighted by Gasteiger charge is 2.16. The van der Waals surface area contributed by atoms with Crippen molar-refractivity contribution < 1.29 is 4.74 Å². The predicted octanol–water partition coefficient (Wildman–Crippen LogP) is 2.05. The van der Waals surface area contributed by atoms with Crippen LogP contribution in [0.4, 0.5) is 11.5 Å². The number of nitrogen functional groups attached to an aromatic ring is 1. The van der Waals surface area contributed by atoms with Crippen molar-refractivity contribution in [3.8, 4) is 0 Å². The number of hydrogen-bond donors (Lipinski definition) is 2. The molecule has 0 saturated carbocycles.